The van der Waals surface area contributed by atoms with Crippen molar-refractivity contribution >= 4 is 21.6 Å². The van der Waals surface area contributed by atoms with Gasteiger partial charge in [0.1, 0.15) is 5.82 Å². The number of rotatable bonds is 6. The van der Waals surface area contributed by atoms with Crippen molar-refractivity contribution in [1.82, 2.24) is 9.62 Å². The van der Waals surface area contributed by atoms with Crippen LogP contribution in [0.2, 0.25) is 0 Å². The van der Waals surface area contributed by atoms with E-state index in [1.807, 2.05) is 0 Å². The lowest BCUT2D eigenvalue weighted by Crippen LogP contribution is -2.27. The number of hydrogen-bond donors (Lipinski definition) is 1. The quantitative estimate of drug-likeness (QED) is 0.583. The van der Waals surface area contributed by atoms with Crippen LogP contribution in [0.5, 0.6) is 0 Å². The van der Waals surface area contributed by atoms with Gasteiger partial charge in [0.2, 0.25) is 10.0 Å². The highest BCUT2D eigenvalue weighted by Crippen LogP contribution is 2.24. The van der Waals surface area contributed by atoms with Crippen molar-refractivity contribution in [1.29, 1.82) is 0 Å². The van der Waals surface area contributed by atoms with Gasteiger partial charge in [0.05, 0.1) is 21.4 Å². The number of hydrogen-bond acceptors (Lipinski definition) is 5. The fourth-order valence-electron chi connectivity index (χ4n) is 2.49. The van der Waals surface area contributed by atoms with Gasteiger partial charge in [0.15, 0.2) is 0 Å². The zero-order valence-electron chi connectivity index (χ0n) is 15.8. The zero-order valence-corrected chi connectivity index (χ0v) is 16.6. The van der Waals surface area contributed by atoms with Gasteiger partial charge >= 0.3 is 0 Å². The number of halogens is 1. The van der Waals surface area contributed by atoms with Gasteiger partial charge in [-0.15, -0.1) is 0 Å². The van der Waals surface area contributed by atoms with E-state index in [4.69, 9.17) is 0 Å². The Morgan fingerprint density at radius 3 is 2.29 bits per heavy atom. The van der Waals surface area contributed by atoms with Crippen molar-refractivity contribution in [2.75, 3.05) is 14.1 Å². The molecule has 1 atom stereocenters. The molecule has 0 aromatic heterocycles. The molecule has 10 heteroatoms. The normalized spacial score (nSPS) is 12.6. The van der Waals surface area contributed by atoms with Crippen molar-refractivity contribution in [3.63, 3.8) is 0 Å². The van der Waals surface area contributed by atoms with Crippen LogP contribution in [0, 0.1) is 22.9 Å². The molecule has 0 aliphatic rings. The fraction of sp³-hybridized carbons (Fsp3) is 0.278. The van der Waals surface area contributed by atoms with Crippen LogP contribution in [-0.2, 0) is 10.0 Å². The molecule has 2 aromatic carbocycles. The maximum atomic E-state index is 13.9. The van der Waals surface area contributed by atoms with Crippen LogP contribution >= 0.6 is 0 Å². The van der Waals surface area contributed by atoms with Crippen molar-refractivity contribution in [2.45, 2.75) is 24.8 Å². The minimum absolute atomic E-state index is 0.107. The van der Waals surface area contributed by atoms with Gasteiger partial charge < -0.3 is 5.32 Å². The van der Waals surface area contributed by atoms with E-state index in [0.717, 1.165) is 16.4 Å². The summed E-state index contributed by atoms with van der Waals surface area (Å²) >= 11 is 0. The number of amides is 1. The zero-order chi connectivity index (χ0) is 21.2. The standard InChI is InChI=1S/C18H20FN3O5S/c1-11-16(19)9-14(10-17(11)22(24)25)18(23)20-12(2)13-5-7-15(8-6-13)28(26,27)21(3)4/h5-10,12H,1-4H3,(H,20,23). The Hall–Kier alpha value is -2.85. The average Bonchev–Trinajstić information content (AvgIpc) is 2.63. The van der Waals surface area contributed by atoms with Gasteiger partial charge in [-0.2, -0.15) is 0 Å². The minimum Gasteiger partial charge on any atom is -0.346 e. The third-order valence-corrected chi connectivity index (χ3v) is 6.11. The predicted molar refractivity (Wildman–Crippen MR) is 101 cm³/mol. The minimum atomic E-state index is -3.57. The second-order valence-electron chi connectivity index (χ2n) is 6.41. The summed E-state index contributed by atoms with van der Waals surface area (Å²) in [7, 11) is -0.721. The smallest absolute Gasteiger partial charge is 0.276 e. The molecular weight excluding hydrogens is 389 g/mol. The molecule has 1 unspecified atom stereocenters. The van der Waals surface area contributed by atoms with Crippen molar-refractivity contribution in [3.8, 4) is 0 Å². The van der Waals surface area contributed by atoms with Crippen LogP contribution < -0.4 is 5.32 Å². The molecule has 0 fully saturated rings. The van der Waals surface area contributed by atoms with Gasteiger partial charge in [0, 0.05) is 25.7 Å². The Morgan fingerprint density at radius 1 is 1.21 bits per heavy atom. The number of sulfonamides is 1. The SMILES string of the molecule is Cc1c(F)cc(C(=O)NC(C)c2ccc(S(=O)(=O)N(C)C)cc2)cc1[N+](=O)[O-]. The molecule has 8 nitrogen and oxygen atoms in total. The van der Waals surface area contributed by atoms with E-state index < -0.39 is 38.4 Å². The first-order chi connectivity index (χ1) is 12.9. The summed E-state index contributed by atoms with van der Waals surface area (Å²) in [4.78, 5) is 22.7. The number of carbonyl (C=O) groups excluding carboxylic acids is 1. The number of benzene rings is 2. The molecule has 0 spiro atoms. The van der Waals surface area contributed by atoms with Crippen molar-refractivity contribution in [2.24, 2.45) is 0 Å². The molecule has 150 valence electrons. The number of nitro groups is 1. The summed E-state index contributed by atoms with van der Waals surface area (Å²) in [5.41, 5.74) is -0.176. The van der Waals surface area contributed by atoms with E-state index >= 15 is 0 Å². The Labute approximate surface area is 162 Å². The molecule has 1 amide bonds. The monoisotopic (exact) mass is 409 g/mol. The molecule has 0 heterocycles. The van der Waals surface area contributed by atoms with E-state index in [0.29, 0.717) is 5.56 Å². The van der Waals surface area contributed by atoms with Crippen LogP contribution in [0.4, 0.5) is 10.1 Å². The van der Waals surface area contributed by atoms with Crippen LogP contribution in [-0.4, -0.2) is 37.6 Å². The summed E-state index contributed by atoms with van der Waals surface area (Å²) in [5, 5.41) is 13.6. The first-order valence-electron chi connectivity index (χ1n) is 8.23. The number of nitrogens with zero attached hydrogens (tertiary/aromatic N) is 2. The van der Waals surface area contributed by atoms with Crippen LogP contribution in [0.25, 0.3) is 0 Å². The molecule has 1 N–H and O–H groups in total. The molecule has 2 rings (SSSR count). The van der Waals surface area contributed by atoms with Crippen molar-refractivity contribution in [3.05, 3.63) is 69.0 Å². The van der Waals surface area contributed by atoms with Gasteiger partial charge in [-0.1, -0.05) is 12.1 Å². The predicted octanol–water partition coefficient (Wildman–Crippen LogP) is 2.78. The largest absolute Gasteiger partial charge is 0.346 e. The molecular formula is C18H20FN3O5S. The second-order valence-corrected chi connectivity index (χ2v) is 8.56. The molecule has 0 aliphatic carbocycles. The lowest BCUT2D eigenvalue weighted by atomic mass is 10.1. The van der Waals surface area contributed by atoms with E-state index in [9.17, 15) is 27.7 Å². The van der Waals surface area contributed by atoms with Crippen LogP contribution in [0.15, 0.2) is 41.3 Å². The highest BCUT2D eigenvalue weighted by molar-refractivity contribution is 7.89. The molecule has 0 aliphatic heterocycles. The highest BCUT2D eigenvalue weighted by atomic mass is 32.2. The van der Waals surface area contributed by atoms with Crippen LogP contribution in [0.3, 0.4) is 0 Å². The van der Waals surface area contributed by atoms with Crippen molar-refractivity contribution < 1.29 is 22.5 Å². The third kappa shape index (κ3) is 4.34. The summed E-state index contributed by atoms with van der Waals surface area (Å²) in [6, 6.07) is 7.38. The van der Waals surface area contributed by atoms with E-state index in [1.165, 1.54) is 33.2 Å². The number of nitrogens with one attached hydrogen (secondary N) is 1. The maximum Gasteiger partial charge on any atom is 0.276 e. The topological polar surface area (TPSA) is 110 Å². The van der Waals surface area contributed by atoms with Gasteiger partial charge in [-0.05, 0) is 37.6 Å². The first-order valence-corrected chi connectivity index (χ1v) is 9.67. The molecule has 0 radical (unpaired) electrons. The lowest BCUT2D eigenvalue weighted by Gasteiger charge is -2.16. The number of nitro benzene ring substituents is 1. The first kappa shape index (κ1) is 21.5. The fourth-order valence-corrected chi connectivity index (χ4v) is 3.39. The molecule has 0 saturated heterocycles. The summed E-state index contributed by atoms with van der Waals surface area (Å²) in [6.45, 7) is 2.92. The lowest BCUT2D eigenvalue weighted by molar-refractivity contribution is -0.385. The molecule has 28 heavy (non-hydrogen) atoms. The van der Waals surface area contributed by atoms with E-state index in [1.54, 1.807) is 19.1 Å². The van der Waals surface area contributed by atoms with E-state index in [2.05, 4.69) is 5.32 Å². The number of carbonyl (C=O) groups is 1. The molecule has 0 saturated carbocycles. The summed E-state index contributed by atoms with van der Waals surface area (Å²) < 4.78 is 39.2. The van der Waals surface area contributed by atoms with E-state index in [-0.39, 0.29) is 16.0 Å². The molecule has 0 bridgehead atoms. The Bertz CT molecular complexity index is 1020. The average molecular weight is 409 g/mol. The molecule has 2 aromatic rings. The van der Waals surface area contributed by atoms with Gasteiger partial charge in [-0.3, -0.25) is 14.9 Å². The van der Waals surface area contributed by atoms with Gasteiger partial charge in [-0.25, -0.2) is 17.1 Å². The summed E-state index contributed by atoms with van der Waals surface area (Å²) in [6.07, 6.45) is 0. The Balaban J connectivity index is 2.22. The maximum absolute atomic E-state index is 13.9. The second kappa shape index (κ2) is 8.03. The Kier molecular flexibility index (Phi) is 6.15. The van der Waals surface area contributed by atoms with Gasteiger partial charge in [0.25, 0.3) is 11.6 Å². The van der Waals surface area contributed by atoms with Crippen LogP contribution in [0.1, 0.15) is 34.5 Å². The third-order valence-electron chi connectivity index (χ3n) is 4.28. The highest BCUT2D eigenvalue weighted by Gasteiger charge is 2.21. The Morgan fingerprint density at radius 2 is 1.79 bits per heavy atom. The summed E-state index contributed by atoms with van der Waals surface area (Å²) in [5.74, 6) is -1.52.